The first-order chi connectivity index (χ1) is 18.0. The number of hydrogen-bond donors (Lipinski definition) is 3. The van der Waals surface area contributed by atoms with Gasteiger partial charge in [-0.05, 0) is 42.3 Å². The number of halogens is 1. The molecule has 0 spiro atoms. The van der Waals surface area contributed by atoms with E-state index in [4.69, 9.17) is 15.7 Å². The minimum Gasteiger partial charge on any atom is -0.352 e. The number of para-hydroxylation sites is 1. The van der Waals surface area contributed by atoms with Gasteiger partial charge < -0.3 is 15.6 Å². The molecule has 6 rings (SSSR count). The van der Waals surface area contributed by atoms with Crippen LogP contribution in [-0.2, 0) is 0 Å². The van der Waals surface area contributed by atoms with Gasteiger partial charge >= 0.3 is 0 Å². The van der Waals surface area contributed by atoms with Crippen molar-refractivity contribution in [3.05, 3.63) is 83.0 Å². The lowest BCUT2D eigenvalue weighted by atomic mass is 10.0. The average molecular weight is 493 g/mol. The van der Waals surface area contributed by atoms with Crippen molar-refractivity contribution >= 4 is 35.1 Å². The molecule has 3 aromatic heterocycles. The number of aromatic nitrogens is 6. The summed E-state index contributed by atoms with van der Waals surface area (Å²) in [5, 5.41) is 8.99. The summed E-state index contributed by atoms with van der Waals surface area (Å²) in [4.78, 5) is 19.3. The number of hydrogen-bond acceptors (Lipinski definition) is 6. The van der Waals surface area contributed by atoms with Crippen LogP contribution in [0.4, 0.5) is 10.2 Å². The third-order valence-corrected chi connectivity index (χ3v) is 6.53. The molecule has 1 aliphatic rings. The fourth-order valence-corrected chi connectivity index (χ4v) is 4.44. The van der Waals surface area contributed by atoms with Crippen molar-refractivity contribution in [1.82, 2.24) is 30.1 Å². The Morgan fingerprint density at radius 1 is 1.16 bits per heavy atom. The largest absolute Gasteiger partial charge is 0.352 e. The van der Waals surface area contributed by atoms with Crippen molar-refractivity contribution in [3.63, 3.8) is 0 Å². The number of anilines is 1. The molecule has 0 aliphatic carbocycles. The van der Waals surface area contributed by atoms with E-state index in [2.05, 4.69) is 31.6 Å². The number of benzene rings is 2. The topological polar surface area (TPSA) is 112 Å². The number of H-pyrrole nitrogens is 2. The van der Waals surface area contributed by atoms with Gasteiger partial charge in [0.1, 0.15) is 17.3 Å². The Bertz CT molecular complexity index is 1760. The number of imidazole rings is 1. The summed E-state index contributed by atoms with van der Waals surface area (Å²) in [5.41, 5.74) is 11.4. The van der Waals surface area contributed by atoms with Crippen LogP contribution in [0.2, 0.25) is 0 Å². The minimum atomic E-state index is -0.288. The molecular weight excluding hydrogens is 467 g/mol. The zero-order chi connectivity index (χ0) is 25.5. The molecule has 0 amide bonds. The van der Waals surface area contributed by atoms with E-state index in [9.17, 15) is 4.39 Å². The maximum atomic E-state index is 13.8. The molecule has 4 heterocycles. The summed E-state index contributed by atoms with van der Waals surface area (Å²) >= 11 is 0. The van der Waals surface area contributed by atoms with Crippen LogP contribution in [0, 0.1) is 5.82 Å². The maximum Gasteiger partial charge on any atom is 0.159 e. The molecule has 0 saturated carbocycles. The van der Waals surface area contributed by atoms with Gasteiger partial charge in [-0.25, -0.2) is 14.4 Å². The first kappa shape index (κ1) is 22.8. The highest BCUT2D eigenvalue weighted by Crippen LogP contribution is 2.29. The smallest absolute Gasteiger partial charge is 0.159 e. The molecule has 5 aromatic rings. The normalized spacial score (nSPS) is 14.9. The van der Waals surface area contributed by atoms with Gasteiger partial charge in [0.2, 0.25) is 0 Å². The number of rotatable bonds is 5. The molecule has 0 radical (unpaired) electrons. The Hall–Kier alpha value is -4.63. The van der Waals surface area contributed by atoms with Crippen molar-refractivity contribution < 1.29 is 4.39 Å². The number of nitrogens with zero attached hydrogens (tertiary/aromatic N) is 5. The molecule has 0 unspecified atom stereocenters. The fourth-order valence-electron chi connectivity index (χ4n) is 4.44. The number of aromatic amines is 2. The van der Waals surface area contributed by atoms with E-state index in [1.165, 1.54) is 12.1 Å². The summed E-state index contributed by atoms with van der Waals surface area (Å²) in [7, 11) is 0. The van der Waals surface area contributed by atoms with Crippen molar-refractivity contribution in [3.8, 4) is 22.6 Å². The van der Waals surface area contributed by atoms with Gasteiger partial charge in [0.25, 0.3) is 0 Å². The predicted molar refractivity (Wildman–Crippen MR) is 144 cm³/mol. The van der Waals surface area contributed by atoms with Crippen molar-refractivity contribution in [2.75, 3.05) is 18.0 Å². The van der Waals surface area contributed by atoms with Crippen LogP contribution in [-0.4, -0.2) is 49.3 Å². The van der Waals surface area contributed by atoms with Gasteiger partial charge in [-0.15, -0.1) is 0 Å². The lowest BCUT2D eigenvalue weighted by Gasteiger charge is -2.37. The van der Waals surface area contributed by atoms with E-state index in [0.717, 1.165) is 57.7 Å². The van der Waals surface area contributed by atoms with Crippen molar-refractivity contribution in [2.24, 2.45) is 5.73 Å². The van der Waals surface area contributed by atoms with Crippen LogP contribution in [0.5, 0.6) is 0 Å². The molecule has 0 bridgehead atoms. The Morgan fingerprint density at radius 3 is 2.81 bits per heavy atom. The highest BCUT2D eigenvalue weighted by atomic mass is 19.1. The van der Waals surface area contributed by atoms with E-state index < -0.39 is 0 Å². The third-order valence-electron chi connectivity index (χ3n) is 6.53. The number of fused-ring (bicyclic) bond motifs is 1. The van der Waals surface area contributed by atoms with Gasteiger partial charge in [0.05, 0.1) is 34.5 Å². The molecule has 0 atom stereocenters. The molecule has 4 N–H and O–H groups in total. The highest BCUT2D eigenvalue weighted by molar-refractivity contribution is 5.93. The molecule has 9 heteroatoms. The van der Waals surface area contributed by atoms with Crippen LogP contribution in [0.3, 0.4) is 0 Å². The second-order valence-electron chi connectivity index (χ2n) is 9.21. The molecule has 2 aromatic carbocycles. The molecule has 184 valence electrons. The third kappa shape index (κ3) is 4.30. The standard InChI is InChI=1S/C28H25FN8/c1-16(24-12-31-13-25(32-24)37-14-20(30)15-37)9-10-22-17(2)26(36-35-22)28-33-23-8-4-7-21(27(23)34-28)18-5-3-6-19(29)11-18/h3-13,20,35H,2,14-15,30H2,1H3,(H,33,34)/b16-9+,22-10+. The van der Waals surface area contributed by atoms with Crippen LogP contribution < -0.4 is 21.2 Å². The van der Waals surface area contributed by atoms with Crippen molar-refractivity contribution in [1.29, 1.82) is 0 Å². The Kier molecular flexibility index (Phi) is 5.61. The van der Waals surface area contributed by atoms with E-state index in [0.29, 0.717) is 16.7 Å². The Morgan fingerprint density at radius 2 is 2.00 bits per heavy atom. The highest BCUT2D eigenvalue weighted by Gasteiger charge is 2.24. The van der Waals surface area contributed by atoms with E-state index >= 15 is 0 Å². The summed E-state index contributed by atoms with van der Waals surface area (Å²) in [6.45, 7) is 7.79. The molecular formula is C28H25FN8. The second kappa shape index (κ2) is 9.11. The average Bonchev–Trinajstić information content (AvgIpc) is 3.48. The van der Waals surface area contributed by atoms with Crippen molar-refractivity contribution in [2.45, 2.75) is 13.0 Å². The summed E-state index contributed by atoms with van der Waals surface area (Å²) in [6, 6.07) is 12.5. The SMILES string of the molecule is C=c1c(-c2nc3c(-c4cccc(F)c4)cccc3[nH]2)n[nH]/c1=C/C=C(\C)c1cncc(N2CC(N)C2)n1. The number of nitrogens with two attached hydrogens (primary N) is 1. The van der Waals surface area contributed by atoms with Crippen LogP contribution >= 0.6 is 0 Å². The summed E-state index contributed by atoms with van der Waals surface area (Å²) in [5.74, 6) is 1.13. The second-order valence-corrected chi connectivity index (χ2v) is 9.21. The molecule has 1 aliphatic heterocycles. The number of nitrogens with one attached hydrogen (secondary N) is 2. The van der Waals surface area contributed by atoms with Gasteiger partial charge in [0, 0.05) is 29.9 Å². The first-order valence-corrected chi connectivity index (χ1v) is 12.0. The van der Waals surface area contributed by atoms with E-state index in [1.807, 2.05) is 43.3 Å². The minimum absolute atomic E-state index is 0.195. The summed E-state index contributed by atoms with van der Waals surface area (Å²) in [6.07, 6.45) is 7.39. The van der Waals surface area contributed by atoms with Crippen LogP contribution in [0.25, 0.3) is 51.9 Å². The summed E-state index contributed by atoms with van der Waals surface area (Å²) < 4.78 is 13.8. The molecule has 1 saturated heterocycles. The lowest BCUT2D eigenvalue weighted by molar-refractivity contribution is 0.513. The Balaban J connectivity index is 1.32. The van der Waals surface area contributed by atoms with Gasteiger partial charge in [-0.2, -0.15) is 5.10 Å². The number of allylic oxidation sites excluding steroid dienone is 2. The van der Waals surface area contributed by atoms with E-state index in [-0.39, 0.29) is 11.9 Å². The monoisotopic (exact) mass is 492 g/mol. The zero-order valence-corrected chi connectivity index (χ0v) is 20.2. The lowest BCUT2D eigenvalue weighted by Crippen LogP contribution is -2.56. The maximum absolute atomic E-state index is 13.8. The quantitative estimate of drug-likeness (QED) is 0.348. The fraction of sp³-hybridized carbons (Fsp3) is 0.143. The molecule has 8 nitrogen and oxygen atoms in total. The Labute approximate surface area is 212 Å². The van der Waals surface area contributed by atoms with Gasteiger partial charge in [0.15, 0.2) is 5.82 Å². The zero-order valence-electron chi connectivity index (χ0n) is 20.2. The van der Waals surface area contributed by atoms with Gasteiger partial charge in [-0.1, -0.05) is 36.9 Å². The van der Waals surface area contributed by atoms with Crippen LogP contribution in [0.15, 0.2) is 60.9 Å². The van der Waals surface area contributed by atoms with Gasteiger partial charge in [-0.3, -0.25) is 10.1 Å². The predicted octanol–water partition coefficient (Wildman–Crippen LogP) is 2.99. The first-order valence-electron chi connectivity index (χ1n) is 12.0. The van der Waals surface area contributed by atoms with E-state index in [1.54, 1.807) is 18.5 Å². The molecule has 37 heavy (non-hydrogen) atoms. The van der Waals surface area contributed by atoms with Crippen LogP contribution in [0.1, 0.15) is 12.6 Å². The molecule has 1 fully saturated rings.